The molecular weight excluding hydrogens is 212 g/mol. The highest BCUT2D eigenvalue weighted by atomic mass is 16.5. The smallest absolute Gasteiger partial charge is 0.121 e. The van der Waals surface area contributed by atoms with Gasteiger partial charge in [0.05, 0.1) is 17.5 Å². The van der Waals surface area contributed by atoms with Crippen molar-refractivity contribution in [2.45, 2.75) is 39.2 Å². The van der Waals surface area contributed by atoms with Crippen LogP contribution in [0, 0.1) is 0 Å². The van der Waals surface area contributed by atoms with Gasteiger partial charge in [0.15, 0.2) is 0 Å². The summed E-state index contributed by atoms with van der Waals surface area (Å²) >= 11 is 0. The van der Waals surface area contributed by atoms with E-state index >= 15 is 0 Å². The van der Waals surface area contributed by atoms with E-state index in [4.69, 9.17) is 10.5 Å². The average molecular weight is 234 g/mol. The molecular formula is C14H22N2O. The molecule has 2 N–H and O–H groups in total. The van der Waals surface area contributed by atoms with Gasteiger partial charge in [-0.05, 0) is 45.2 Å². The number of piperidine rings is 1. The molecule has 1 aliphatic rings. The summed E-state index contributed by atoms with van der Waals surface area (Å²) in [5.41, 5.74) is 8.03. The van der Waals surface area contributed by atoms with E-state index < -0.39 is 0 Å². The van der Waals surface area contributed by atoms with Crippen molar-refractivity contribution in [2.75, 3.05) is 23.7 Å². The standard InChI is InChI=1S/C14H22N2O/c1-11(2)17-12-6-7-13(15)14(10-12)16-8-4-3-5-9-16/h6-7,10-11H,3-5,8-9,15H2,1-2H3. The van der Waals surface area contributed by atoms with Gasteiger partial charge in [-0.1, -0.05) is 0 Å². The normalized spacial score (nSPS) is 16.3. The van der Waals surface area contributed by atoms with Gasteiger partial charge in [0.1, 0.15) is 5.75 Å². The van der Waals surface area contributed by atoms with E-state index in [1.807, 2.05) is 26.0 Å². The summed E-state index contributed by atoms with van der Waals surface area (Å²) in [5.74, 6) is 0.912. The number of benzene rings is 1. The number of rotatable bonds is 3. The van der Waals surface area contributed by atoms with Crippen molar-refractivity contribution in [1.82, 2.24) is 0 Å². The van der Waals surface area contributed by atoms with Gasteiger partial charge in [-0.25, -0.2) is 0 Å². The minimum absolute atomic E-state index is 0.202. The van der Waals surface area contributed by atoms with E-state index in [1.54, 1.807) is 0 Å². The molecule has 1 aliphatic heterocycles. The summed E-state index contributed by atoms with van der Waals surface area (Å²) < 4.78 is 5.72. The predicted molar refractivity (Wildman–Crippen MR) is 72.7 cm³/mol. The zero-order valence-electron chi connectivity index (χ0n) is 10.8. The lowest BCUT2D eigenvalue weighted by atomic mass is 10.1. The molecule has 0 unspecified atom stereocenters. The van der Waals surface area contributed by atoms with E-state index in [9.17, 15) is 0 Å². The summed E-state index contributed by atoms with van der Waals surface area (Å²) in [5, 5.41) is 0. The highest BCUT2D eigenvalue weighted by Crippen LogP contribution is 2.30. The number of hydrogen-bond donors (Lipinski definition) is 1. The molecule has 17 heavy (non-hydrogen) atoms. The van der Waals surface area contributed by atoms with Gasteiger partial charge in [-0.2, -0.15) is 0 Å². The molecule has 0 amide bonds. The van der Waals surface area contributed by atoms with Crippen LogP contribution in [0.5, 0.6) is 5.75 Å². The molecule has 1 aromatic rings. The molecule has 0 aromatic heterocycles. The monoisotopic (exact) mass is 234 g/mol. The van der Waals surface area contributed by atoms with Crippen molar-refractivity contribution in [3.8, 4) is 5.75 Å². The van der Waals surface area contributed by atoms with Crippen LogP contribution in [0.25, 0.3) is 0 Å². The van der Waals surface area contributed by atoms with Gasteiger partial charge < -0.3 is 15.4 Å². The Hall–Kier alpha value is -1.38. The fourth-order valence-corrected chi connectivity index (χ4v) is 2.28. The average Bonchev–Trinajstić information content (AvgIpc) is 2.32. The van der Waals surface area contributed by atoms with Crippen molar-refractivity contribution in [3.63, 3.8) is 0 Å². The lowest BCUT2D eigenvalue weighted by molar-refractivity contribution is 0.242. The summed E-state index contributed by atoms with van der Waals surface area (Å²) in [6, 6.07) is 5.96. The van der Waals surface area contributed by atoms with Crippen LogP contribution in [0.3, 0.4) is 0 Å². The molecule has 0 aliphatic carbocycles. The van der Waals surface area contributed by atoms with Crippen LogP contribution in [0.1, 0.15) is 33.1 Å². The van der Waals surface area contributed by atoms with Gasteiger partial charge in [0, 0.05) is 19.2 Å². The van der Waals surface area contributed by atoms with Crippen LogP contribution in [0.4, 0.5) is 11.4 Å². The minimum Gasteiger partial charge on any atom is -0.491 e. The van der Waals surface area contributed by atoms with Crippen LogP contribution in [0.15, 0.2) is 18.2 Å². The van der Waals surface area contributed by atoms with E-state index in [0.717, 1.165) is 30.2 Å². The third-order valence-corrected chi connectivity index (χ3v) is 3.07. The topological polar surface area (TPSA) is 38.5 Å². The Morgan fingerprint density at radius 2 is 1.88 bits per heavy atom. The van der Waals surface area contributed by atoms with Crippen molar-refractivity contribution < 1.29 is 4.74 Å². The molecule has 2 rings (SSSR count). The maximum atomic E-state index is 6.05. The zero-order chi connectivity index (χ0) is 12.3. The van der Waals surface area contributed by atoms with Gasteiger partial charge in [-0.3, -0.25) is 0 Å². The van der Waals surface area contributed by atoms with E-state index in [2.05, 4.69) is 11.0 Å². The number of hydrogen-bond acceptors (Lipinski definition) is 3. The molecule has 1 saturated heterocycles. The first-order valence-corrected chi connectivity index (χ1v) is 6.48. The molecule has 94 valence electrons. The first kappa shape index (κ1) is 12.1. The number of nitrogens with two attached hydrogens (primary N) is 1. The quantitative estimate of drug-likeness (QED) is 0.817. The van der Waals surface area contributed by atoms with Crippen molar-refractivity contribution in [1.29, 1.82) is 0 Å². The van der Waals surface area contributed by atoms with E-state index in [0.29, 0.717) is 0 Å². The Bertz CT molecular complexity index is 370. The predicted octanol–water partition coefficient (Wildman–Crippen LogP) is 3.05. The Morgan fingerprint density at radius 3 is 2.53 bits per heavy atom. The van der Waals surface area contributed by atoms with Gasteiger partial charge in [0.2, 0.25) is 0 Å². The summed E-state index contributed by atoms with van der Waals surface area (Å²) in [4.78, 5) is 2.37. The first-order chi connectivity index (χ1) is 8.16. The molecule has 0 saturated carbocycles. The maximum absolute atomic E-state index is 6.05. The molecule has 0 radical (unpaired) electrons. The summed E-state index contributed by atoms with van der Waals surface area (Å²) in [7, 11) is 0. The lowest BCUT2D eigenvalue weighted by Gasteiger charge is -2.30. The summed E-state index contributed by atoms with van der Waals surface area (Å²) in [6.45, 7) is 6.29. The molecule has 0 spiro atoms. The van der Waals surface area contributed by atoms with Gasteiger partial charge in [0.25, 0.3) is 0 Å². The second-order valence-electron chi connectivity index (χ2n) is 4.93. The van der Waals surface area contributed by atoms with Crippen molar-refractivity contribution in [3.05, 3.63) is 18.2 Å². The zero-order valence-corrected chi connectivity index (χ0v) is 10.8. The van der Waals surface area contributed by atoms with Gasteiger partial charge >= 0.3 is 0 Å². The summed E-state index contributed by atoms with van der Waals surface area (Å²) in [6.07, 6.45) is 4.05. The minimum atomic E-state index is 0.202. The Labute approximate surface area is 104 Å². The van der Waals surface area contributed by atoms with Crippen molar-refractivity contribution in [2.24, 2.45) is 0 Å². The molecule has 0 bridgehead atoms. The lowest BCUT2D eigenvalue weighted by Crippen LogP contribution is -2.30. The Balaban J connectivity index is 2.19. The molecule has 0 atom stereocenters. The highest BCUT2D eigenvalue weighted by Gasteiger charge is 2.14. The second kappa shape index (κ2) is 5.30. The third kappa shape index (κ3) is 3.05. The molecule has 3 nitrogen and oxygen atoms in total. The fraction of sp³-hybridized carbons (Fsp3) is 0.571. The molecule has 1 fully saturated rings. The van der Waals surface area contributed by atoms with Gasteiger partial charge in [-0.15, -0.1) is 0 Å². The molecule has 3 heteroatoms. The van der Waals surface area contributed by atoms with Crippen molar-refractivity contribution >= 4 is 11.4 Å². The number of nitrogen functional groups attached to an aromatic ring is 1. The Morgan fingerprint density at radius 1 is 1.18 bits per heavy atom. The van der Waals surface area contributed by atoms with Crippen LogP contribution in [0.2, 0.25) is 0 Å². The molecule has 1 heterocycles. The number of nitrogens with zero attached hydrogens (tertiary/aromatic N) is 1. The number of ether oxygens (including phenoxy) is 1. The maximum Gasteiger partial charge on any atom is 0.121 e. The van der Waals surface area contributed by atoms with Crippen LogP contribution < -0.4 is 15.4 Å². The number of anilines is 2. The third-order valence-electron chi connectivity index (χ3n) is 3.07. The van der Waals surface area contributed by atoms with Crippen LogP contribution >= 0.6 is 0 Å². The molecule has 1 aromatic carbocycles. The fourth-order valence-electron chi connectivity index (χ4n) is 2.28. The van der Waals surface area contributed by atoms with E-state index in [1.165, 1.54) is 19.3 Å². The van der Waals surface area contributed by atoms with Crippen LogP contribution in [-0.2, 0) is 0 Å². The highest BCUT2D eigenvalue weighted by molar-refractivity contribution is 5.69. The Kier molecular flexibility index (Phi) is 3.77. The van der Waals surface area contributed by atoms with E-state index in [-0.39, 0.29) is 6.10 Å². The SMILES string of the molecule is CC(C)Oc1ccc(N)c(N2CCCCC2)c1. The first-order valence-electron chi connectivity index (χ1n) is 6.48. The van der Waals surface area contributed by atoms with Crippen LogP contribution in [-0.4, -0.2) is 19.2 Å². The largest absolute Gasteiger partial charge is 0.491 e. The second-order valence-corrected chi connectivity index (χ2v) is 4.93.